The van der Waals surface area contributed by atoms with E-state index in [-0.39, 0.29) is 28.0 Å². The molecule has 0 saturated heterocycles. The Hall–Kier alpha value is -6.88. The molecule has 3 aromatic carbocycles. The number of rotatable bonds is 7. The lowest BCUT2D eigenvalue weighted by Crippen LogP contribution is -2.46. The molecule has 9 unspecified atom stereocenters. The minimum atomic E-state index is -2.18. The van der Waals surface area contributed by atoms with E-state index in [4.69, 9.17) is 28.4 Å². The highest BCUT2D eigenvalue weighted by Gasteiger charge is 2.53. The first-order valence-electron chi connectivity index (χ1n) is 21.8. The van der Waals surface area contributed by atoms with Crippen LogP contribution in [0, 0.1) is 30.6 Å². The van der Waals surface area contributed by atoms with Crippen molar-refractivity contribution >= 4 is 40.9 Å². The summed E-state index contributed by atoms with van der Waals surface area (Å²) in [4.78, 5) is 85.4. The van der Waals surface area contributed by atoms with Crippen LogP contribution in [0.4, 0.5) is 5.69 Å². The molecular formula is C51H56N2O14. The number of ether oxygens (including phenoxy) is 6. The lowest BCUT2D eigenvalue weighted by atomic mass is 9.78. The van der Waals surface area contributed by atoms with Crippen molar-refractivity contribution in [3.05, 3.63) is 130 Å². The van der Waals surface area contributed by atoms with Crippen LogP contribution < -0.4 is 24.8 Å². The number of allylic oxidation sites excluding steroid dienone is 4. The second-order valence-corrected chi connectivity index (χ2v) is 17.1. The number of aliphatic hydroxyl groups excluding tert-OH is 2. The maximum Gasteiger partial charge on any atom is 0.343 e. The van der Waals surface area contributed by atoms with Gasteiger partial charge in [0.1, 0.15) is 34.7 Å². The van der Waals surface area contributed by atoms with E-state index < -0.39 is 117 Å². The van der Waals surface area contributed by atoms with E-state index in [2.05, 4.69) is 10.6 Å². The summed E-state index contributed by atoms with van der Waals surface area (Å²) >= 11 is 0. The Morgan fingerprint density at radius 1 is 0.821 bits per heavy atom. The maximum atomic E-state index is 15.2. The van der Waals surface area contributed by atoms with Crippen LogP contribution in [0.2, 0.25) is 0 Å². The highest BCUT2D eigenvalue weighted by atomic mass is 16.7. The summed E-state index contributed by atoms with van der Waals surface area (Å²) in [5.74, 6) is -10.1. The molecule has 0 aromatic heterocycles. The molecule has 0 spiro atoms. The minimum Gasteiger partial charge on any atom is -0.497 e. The second kappa shape index (κ2) is 20.3. The third-order valence-electron chi connectivity index (χ3n) is 12.5. The van der Waals surface area contributed by atoms with Crippen LogP contribution in [0.1, 0.15) is 95.5 Å². The molecule has 16 nitrogen and oxygen atoms in total. The zero-order chi connectivity index (χ0) is 49.1. The van der Waals surface area contributed by atoms with E-state index in [0.29, 0.717) is 11.4 Å². The molecule has 16 heteroatoms. The summed E-state index contributed by atoms with van der Waals surface area (Å²) in [5, 5.41) is 28.6. The molecule has 9 atom stereocenters. The molecular weight excluding hydrogens is 865 g/mol. The standard InChI is InChI=1S/C51H56N2O14/c1-25-15-14-16-26(2)49(60)53-40-39(52-33-19-21-34(62-9)22-20-33)43(57)36-37(44(40)58)46(66-50(61)32-17-12-11-13-18-32)30(6)47-38(36)48(59)51(8,67-47)64-24-23-35(63-10)27(3)45(65-31(7)54)29(5)42(56)28(4)41(25)55/h11-25,27-29,35,41-42,45,52,55-56H,1-10H3,(H,53,60). The Balaban J connectivity index is 1.57. The van der Waals surface area contributed by atoms with E-state index in [1.807, 2.05) is 0 Å². The van der Waals surface area contributed by atoms with Gasteiger partial charge in [0.05, 0.1) is 53.9 Å². The van der Waals surface area contributed by atoms with Gasteiger partial charge in [-0.3, -0.25) is 24.0 Å². The van der Waals surface area contributed by atoms with Crippen molar-refractivity contribution in [1.82, 2.24) is 5.32 Å². The Labute approximate surface area is 388 Å². The molecule has 1 amide bonds. The van der Waals surface area contributed by atoms with Crippen LogP contribution in [0.25, 0.3) is 0 Å². The minimum absolute atomic E-state index is 0.00138. The topological polar surface area (TPSA) is 222 Å². The number of carbonyl (C=O) groups is 6. The molecule has 3 aromatic rings. The third kappa shape index (κ3) is 9.97. The summed E-state index contributed by atoms with van der Waals surface area (Å²) in [7, 11) is 2.89. The summed E-state index contributed by atoms with van der Waals surface area (Å²) in [5.41, 5.74) is -1.73. The number of benzene rings is 3. The summed E-state index contributed by atoms with van der Waals surface area (Å²) in [6, 6.07) is 14.3. The van der Waals surface area contributed by atoms with E-state index in [9.17, 15) is 29.4 Å². The van der Waals surface area contributed by atoms with E-state index >= 15 is 9.59 Å². The third-order valence-corrected chi connectivity index (χ3v) is 12.5. The first kappa shape index (κ1) is 49.6. The van der Waals surface area contributed by atoms with Crippen molar-refractivity contribution in [3.63, 3.8) is 0 Å². The number of esters is 2. The summed E-state index contributed by atoms with van der Waals surface area (Å²) in [6.45, 7) is 12.3. The number of fused-ring (bicyclic) bond motifs is 14. The Morgan fingerprint density at radius 2 is 1.49 bits per heavy atom. The quantitative estimate of drug-likeness (QED) is 0.145. The Kier molecular flexibility index (Phi) is 15.0. The molecule has 3 aliphatic heterocycles. The number of hydrogen-bond acceptors (Lipinski definition) is 15. The van der Waals surface area contributed by atoms with Crippen LogP contribution >= 0.6 is 0 Å². The fraction of sp³-hybridized carbons (Fsp3) is 0.373. The van der Waals surface area contributed by atoms with E-state index in [1.165, 1.54) is 72.3 Å². The SMILES string of the molecule is COc1ccc(NC2=C3NC(=O)C(C)=CC=CC(C)C(O)C(C)C(O)C(C)C(OC(C)=O)C(C)C(OC)C=COC4(C)Oc5c(C)c(OC(=O)c6ccccc6)c(c(c5C4=O)C2=O)C3=O)cc1. The van der Waals surface area contributed by atoms with E-state index in [0.717, 1.165) is 6.26 Å². The van der Waals surface area contributed by atoms with Gasteiger partial charge in [-0.15, -0.1) is 0 Å². The van der Waals surface area contributed by atoms with Crippen molar-refractivity contribution < 1.29 is 67.4 Å². The number of anilines is 1. The van der Waals surface area contributed by atoms with Crippen LogP contribution in [-0.2, 0) is 23.8 Å². The van der Waals surface area contributed by atoms with Gasteiger partial charge in [-0.05, 0) is 56.3 Å². The van der Waals surface area contributed by atoms with Crippen molar-refractivity contribution in [1.29, 1.82) is 0 Å². The second-order valence-electron chi connectivity index (χ2n) is 17.1. The maximum absolute atomic E-state index is 15.2. The van der Waals surface area contributed by atoms with Crippen molar-refractivity contribution in [2.75, 3.05) is 19.5 Å². The average molecular weight is 921 g/mol. The van der Waals surface area contributed by atoms with Crippen LogP contribution in [0.15, 0.2) is 102 Å². The van der Waals surface area contributed by atoms with E-state index in [1.54, 1.807) is 76.2 Å². The molecule has 7 rings (SSSR count). The van der Waals surface area contributed by atoms with Gasteiger partial charge in [0.25, 0.3) is 11.7 Å². The van der Waals surface area contributed by atoms with Gasteiger partial charge in [0, 0.05) is 61.5 Å². The number of amides is 1. The van der Waals surface area contributed by atoms with Gasteiger partial charge in [-0.2, -0.15) is 0 Å². The average Bonchev–Trinajstić information content (AvgIpc) is 3.58. The molecule has 1 aliphatic carbocycles. The van der Waals surface area contributed by atoms with Crippen LogP contribution in [0.3, 0.4) is 0 Å². The lowest BCUT2D eigenvalue weighted by Gasteiger charge is -2.38. The predicted octanol–water partition coefficient (Wildman–Crippen LogP) is 6.59. The smallest absolute Gasteiger partial charge is 0.343 e. The number of Topliss-reactive ketones (excluding diaryl/α,β-unsaturated/α-hetero) is 3. The number of carbonyl (C=O) groups excluding carboxylic acids is 6. The fourth-order valence-corrected chi connectivity index (χ4v) is 8.47. The van der Waals surface area contributed by atoms with Gasteiger partial charge in [0.2, 0.25) is 11.6 Å². The van der Waals surface area contributed by atoms with Crippen molar-refractivity contribution in [2.45, 2.75) is 85.6 Å². The number of methoxy groups -OCH3 is 2. The Morgan fingerprint density at radius 3 is 2.12 bits per heavy atom. The van der Waals surface area contributed by atoms with Crippen molar-refractivity contribution in [2.24, 2.45) is 23.7 Å². The molecule has 0 radical (unpaired) electrons. The lowest BCUT2D eigenvalue weighted by molar-refractivity contribution is -0.160. The molecule has 354 valence electrons. The van der Waals surface area contributed by atoms with Gasteiger partial charge >= 0.3 is 17.7 Å². The fourth-order valence-electron chi connectivity index (χ4n) is 8.47. The van der Waals surface area contributed by atoms with Crippen molar-refractivity contribution in [3.8, 4) is 17.2 Å². The largest absolute Gasteiger partial charge is 0.497 e. The first-order valence-corrected chi connectivity index (χ1v) is 21.8. The molecule has 3 heterocycles. The summed E-state index contributed by atoms with van der Waals surface area (Å²) < 4.78 is 35.1. The monoisotopic (exact) mass is 920 g/mol. The number of aliphatic hydroxyl groups is 2. The zero-order valence-corrected chi connectivity index (χ0v) is 39.0. The summed E-state index contributed by atoms with van der Waals surface area (Å²) in [6.07, 6.45) is 3.15. The molecule has 0 fully saturated rings. The number of hydrogen-bond donors (Lipinski definition) is 4. The predicted molar refractivity (Wildman–Crippen MR) is 245 cm³/mol. The normalized spacial score (nSPS) is 26.8. The van der Waals surface area contributed by atoms with Gasteiger partial charge in [-0.1, -0.05) is 64.1 Å². The Bertz CT molecular complexity index is 2580. The molecule has 4 N–H and O–H groups in total. The molecule has 0 saturated carbocycles. The highest BCUT2D eigenvalue weighted by molar-refractivity contribution is 6.33. The first-order chi connectivity index (χ1) is 31.7. The highest BCUT2D eigenvalue weighted by Crippen LogP contribution is 2.49. The number of nitrogens with one attached hydrogen (secondary N) is 2. The number of ketones is 3. The molecule has 5 bridgehead atoms. The van der Waals surface area contributed by atoms with Crippen LogP contribution in [-0.4, -0.2) is 89.8 Å². The molecule has 67 heavy (non-hydrogen) atoms. The van der Waals surface area contributed by atoms with Gasteiger partial charge in [-0.25, -0.2) is 4.79 Å². The van der Waals surface area contributed by atoms with Gasteiger partial charge in [0.15, 0.2) is 0 Å². The molecule has 4 aliphatic rings. The zero-order valence-electron chi connectivity index (χ0n) is 39.0. The van der Waals surface area contributed by atoms with Crippen LogP contribution in [0.5, 0.6) is 17.2 Å². The van der Waals surface area contributed by atoms with Gasteiger partial charge < -0.3 is 49.3 Å².